The third-order valence-electron chi connectivity index (χ3n) is 2.54. The van der Waals surface area contributed by atoms with Crippen LogP contribution in [0.5, 0.6) is 0 Å². The molecule has 17 heavy (non-hydrogen) atoms. The van der Waals surface area contributed by atoms with Gasteiger partial charge in [0.25, 0.3) is 0 Å². The first-order valence-corrected chi connectivity index (χ1v) is 6.23. The fraction of sp³-hybridized carbons (Fsp3) is 0. The zero-order chi connectivity index (χ0) is 11.8. The second-order valence-electron chi connectivity index (χ2n) is 3.63. The first kappa shape index (κ1) is 10.8. The molecule has 1 radical (unpaired) electrons. The summed E-state index contributed by atoms with van der Waals surface area (Å²) in [5.41, 5.74) is 2.72. The molecular weight excluding hydrogens is 300 g/mol. The van der Waals surface area contributed by atoms with Crippen molar-refractivity contribution >= 4 is 38.6 Å². The maximum Gasteiger partial charge on any atom is 0.182 e. The number of hydrogen-bond donors (Lipinski definition) is 0. The molecule has 83 valence electrons. The molecule has 0 N–H and O–H groups in total. The highest BCUT2D eigenvalue weighted by Crippen LogP contribution is 2.25. The van der Waals surface area contributed by atoms with Gasteiger partial charge in [-0.05, 0) is 36.4 Å². The van der Waals surface area contributed by atoms with E-state index in [0.29, 0.717) is 5.02 Å². The number of nitrogens with zero attached hydrogens (tertiary/aromatic N) is 2. The highest BCUT2D eigenvalue weighted by molar-refractivity contribution is 9.10. The highest BCUT2D eigenvalue weighted by Gasteiger charge is 2.08. The van der Waals surface area contributed by atoms with E-state index in [9.17, 15) is 0 Å². The Kier molecular flexibility index (Phi) is 2.65. The average molecular weight is 307 g/mol. The molecule has 0 aliphatic carbocycles. The number of hydrogen-bond acceptors (Lipinski definition) is 1. The van der Waals surface area contributed by atoms with Crippen molar-refractivity contribution in [2.24, 2.45) is 0 Å². The Balaban J connectivity index is 2.27. The van der Waals surface area contributed by atoms with Crippen LogP contribution in [0.2, 0.25) is 5.02 Å². The number of halogens is 2. The van der Waals surface area contributed by atoms with Gasteiger partial charge in [0, 0.05) is 10.2 Å². The number of para-hydroxylation sites is 1. The van der Waals surface area contributed by atoms with Crippen LogP contribution < -0.4 is 0 Å². The smallest absolute Gasteiger partial charge is 0.182 e. The van der Waals surface area contributed by atoms with E-state index in [0.717, 1.165) is 21.2 Å². The molecule has 3 rings (SSSR count). The van der Waals surface area contributed by atoms with Crippen LogP contribution in [-0.2, 0) is 0 Å². The van der Waals surface area contributed by atoms with Crippen LogP contribution >= 0.6 is 27.5 Å². The lowest BCUT2D eigenvalue weighted by molar-refractivity contribution is 1.08. The van der Waals surface area contributed by atoms with E-state index in [1.54, 1.807) is 0 Å². The summed E-state index contributed by atoms with van der Waals surface area (Å²) in [6.07, 6.45) is 2.96. The van der Waals surface area contributed by atoms with Gasteiger partial charge in [0.05, 0.1) is 16.1 Å². The molecule has 1 aromatic heterocycles. The van der Waals surface area contributed by atoms with E-state index >= 15 is 0 Å². The minimum atomic E-state index is 0.680. The van der Waals surface area contributed by atoms with Crippen LogP contribution in [-0.4, -0.2) is 9.55 Å². The van der Waals surface area contributed by atoms with Gasteiger partial charge in [-0.25, -0.2) is 4.98 Å². The largest absolute Gasteiger partial charge is 0.288 e. The Morgan fingerprint density at radius 3 is 2.65 bits per heavy atom. The van der Waals surface area contributed by atoms with Gasteiger partial charge in [-0.1, -0.05) is 33.6 Å². The minimum absolute atomic E-state index is 0.680. The Morgan fingerprint density at radius 2 is 1.88 bits per heavy atom. The van der Waals surface area contributed by atoms with Crippen molar-refractivity contribution in [2.75, 3.05) is 0 Å². The maximum atomic E-state index is 6.19. The van der Waals surface area contributed by atoms with Gasteiger partial charge in [-0.2, -0.15) is 0 Å². The fourth-order valence-corrected chi connectivity index (χ4v) is 2.26. The van der Waals surface area contributed by atoms with Gasteiger partial charge in [0.1, 0.15) is 0 Å². The van der Waals surface area contributed by atoms with Crippen LogP contribution in [0.3, 0.4) is 0 Å². The SMILES string of the molecule is Clc1cccc2n[c]n(-c3ccc(Br)cc3)c12. The summed E-state index contributed by atoms with van der Waals surface area (Å²) < 4.78 is 2.90. The summed E-state index contributed by atoms with van der Waals surface area (Å²) in [5.74, 6) is 0. The Morgan fingerprint density at radius 1 is 1.12 bits per heavy atom. The van der Waals surface area contributed by atoms with Crippen molar-refractivity contribution in [2.45, 2.75) is 0 Å². The van der Waals surface area contributed by atoms with Crippen molar-refractivity contribution in [1.29, 1.82) is 0 Å². The molecule has 0 spiro atoms. The van der Waals surface area contributed by atoms with Crippen molar-refractivity contribution in [3.8, 4) is 5.69 Å². The van der Waals surface area contributed by atoms with Crippen LogP contribution in [0.25, 0.3) is 16.7 Å². The van der Waals surface area contributed by atoms with E-state index in [-0.39, 0.29) is 0 Å². The molecule has 0 atom stereocenters. The second-order valence-corrected chi connectivity index (χ2v) is 4.95. The number of rotatable bonds is 1. The Bertz CT molecular complexity index is 673. The molecule has 2 aromatic carbocycles. The molecule has 3 aromatic rings. The van der Waals surface area contributed by atoms with Crippen LogP contribution in [0, 0.1) is 6.33 Å². The third kappa shape index (κ3) is 1.85. The molecule has 1 heterocycles. The van der Waals surface area contributed by atoms with E-state index in [2.05, 4.69) is 27.2 Å². The van der Waals surface area contributed by atoms with Gasteiger partial charge in [0.2, 0.25) is 0 Å². The molecule has 0 bridgehead atoms. The summed E-state index contributed by atoms with van der Waals surface area (Å²) >= 11 is 9.61. The zero-order valence-electron chi connectivity index (χ0n) is 8.69. The second kappa shape index (κ2) is 4.17. The standard InChI is InChI=1S/C13H7BrClN2/c14-9-4-6-10(7-5-9)17-8-16-12-3-1-2-11(15)13(12)17/h1-7H. The summed E-state index contributed by atoms with van der Waals surface area (Å²) in [6, 6.07) is 13.6. The predicted octanol–water partition coefficient (Wildman–Crippen LogP) is 4.24. The van der Waals surface area contributed by atoms with Crippen LogP contribution in [0.4, 0.5) is 0 Å². The Hall–Kier alpha value is -1.32. The van der Waals surface area contributed by atoms with Crippen molar-refractivity contribution in [1.82, 2.24) is 9.55 Å². The average Bonchev–Trinajstić information content (AvgIpc) is 2.75. The van der Waals surface area contributed by atoms with Crippen LogP contribution in [0.15, 0.2) is 46.9 Å². The molecule has 0 amide bonds. The maximum absolute atomic E-state index is 6.19. The molecule has 0 saturated carbocycles. The van der Waals surface area contributed by atoms with Gasteiger partial charge in [-0.3, -0.25) is 4.57 Å². The van der Waals surface area contributed by atoms with Gasteiger partial charge in [0.15, 0.2) is 6.33 Å². The van der Waals surface area contributed by atoms with E-state index in [1.807, 2.05) is 47.0 Å². The number of aromatic nitrogens is 2. The molecule has 2 nitrogen and oxygen atoms in total. The summed E-state index contributed by atoms with van der Waals surface area (Å²) in [4.78, 5) is 4.22. The molecule has 0 aliphatic rings. The number of benzene rings is 2. The molecule has 0 aliphatic heterocycles. The highest BCUT2D eigenvalue weighted by atomic mass is 79.9. The third-order valence-corrected chi connectivity index (χ3v) is 3.38. The summed E-state index contributed by atoms with van der Waals surface area (Å²) in [5, 5.41) is 0.680. The molecular formula is C13H7BrClN2. The predicted molar refractivity (Wildman–Crippen MR) is 72.6 cm³/mol. The van der Waals surface area contributed by atoms with Gasteiger partial charge in [-0.15, -0.1) is 0 Å². The summed E-state index contributed by atoms with van der Waals surface area (Å²) in [6.45, 7) is 0. The first-order chi connectivity index (χ1) is 8.25. The zero-order valence-corrected chi connectivity index (χ0v) is 11.0. The number of imidazole rings is 1. The fourth-order valence-electron chi connectivity index (χ4n) is 1.75. The monoisotopic (exact) mass is 305 g/mol. The quantitative estimate of drug-likeness (QED) is 0.657. The van der Waals surface area contributed by atoms with E-state index in [4.69, 9.17) is 11.6 Å². The molecule has 0 fully saturated rings. The van der Waals surface area contributed by atoms with E-state index in [1.165, 1.54) is 0 Å². The lowest BCUT2D eigenvalue weighted by Crippen LogP contribution is -1.92. The number of fused-ring (bicyclic) bond motifs is 1. The lowest BCUT2D eigenvalue weighted by atomic mass is 10.3. The van der Waals surface area contributed by atoms with Crippen molar-refractivity contribution in [3.05, 3.63) is 58.3 Å². The van der Waals surface area contributed by atoms with Crippen LogP contribution in [0.1, 0.15) is 0 Å². The first-order valence-electron chi connectivity index (χ1n) is 5.06. The van der Waals surface area contributed by atoms with Gasteiger partial charge < -0.3 is 0 Å². The van der Waals surface area contributed by atoms with Crippen molar-refractivity contribution < 1.29 is 0 Å². The molecule has 0 unspecified atom stereocenters. The normalized spacial score (nSPS) is 10.9. The molecule has 4 heteroatoms. The molecule has 0 saturated heterocycles. The Labute approximate surface area is 112 Å². The van der Waals surface area contributed by atoms with Gasteiger partial charge >= 0.3 is 0 Å². The lowest BCUT2D eigenvalue weighted by Gasteiger charge is -2.04. The topological polar surface area (TPSA) is 17.8 Å². The van der Waals surface area contributed by atoms with Crippen molar-refractivity contribution in [3.63, 3.8) is 0 Å². The summed E-state index contributed by atoms with van der Waals surface area (Å²) in [7, 11) is 0. The minimum Gasteiger partial charge on any atom is -0.288 e. The van der Waals surface area contributed by atoms with E-state index < -0.39 is 0 Å².